The van der Waals surface area contributed by atoms with Crippen LogP contribution < -0.4 is 10.1 Å². The van der Waals surface area contributed by atoms with Gasteiger partial charge in [-0.2, -0.15) is 0 Å². The summed E-state index contributed by atoms with van der Waals surface area (Å²) < 4.78 is 10.5. The number of hydrogen-bond acceptors (Lipinski definition) is 4. The lowest BCUT2D eigenvalue weighted by Crippen LogP contribution is -2.22. The second kappa shape index (κ2) is 10.9. The van der Waals surface area contributed by atoms with Crippen molar-refractivity contribution in [1.82, 2.24) is 5.32 Å². The summed E-state index contributed by atoms with van der Waals surface area (Å²) in [6, 6.07) is 16.4. The standard InChI is InChI=1S/C21H25NO4/c1-2-3-7-14-25-20(23)16-26-19-12-10-18(11-13-19)21(24)22-15-17-8-5-4-6-9-17/h4-6,8-13H,2-3,7,14-16H2,1H3,(H,22,24). The number of esters is 1. The van der Waals surface area contributed by atoms with Gasteiger partial charge in [0.25, 0.3) is 5.91 Å². The Morgan fingerprint density at radius 2 is 1.69 bits per heavy atom. The van der Waals surface area contributed by atoms with Crippen LogP contribution in [0.5, 0.6) is 5.75 Å². The van der Waals surface area contributed by atoms with Crippen molar-refractivity contribution in [2.45, 2.75) is 32.7 Å². The van der Waals surface area contributed by atoms with Crippen LogP contribution in [-0.2, 0) is 16.1 Å². The van der Waals surface area contributed by atoms with E-state index in [0.717, 1.165) is 24.8 Å². The van der Waals surface area contributed by atoms with Crippen LogP contribution in [0.3, 0.4) is 0 Å². The number of unbranched alkanes of at least 4 members (excludes halogenated alkanes) is 2. The van der Waals surface area contributed by atoms with Gasteiger partial charge in [-0.1, -0.05) is 50.1 Å². The van der Waals surface area contributed by atoms with Gasteiger partial charge < -0.3 is 14.8 Å². The molecule has 0 radical (unpaired) electrons. The van der Waals surface area contributed by atoms with E-state index in [4.69, 9.17) is 9.47 Å². The Morgan fingerprint density at radius 3 is 2.38 bits per heavy atom. The Morgan fingerprint density at radius 1 is 0.962 bits per heavy atom. The van der Waals surface area contributed by atoms with E-state index in [2.05, 4.69) is 12.2 Å². The SMILES string of the molecule is CCCCCOC(=O)COc1ccc(C(=O)NCc2ccccc2)cc1. The maximum absolute atomic E-state index is 12.1. The quantitative estimate of drug-likeness (QED) is 0.521. The summed E-state index contributed by atoms with van der Waals surface area (Å²) in [5.74, 6) is -0.0170. The second-order valence-electron chi connectivity index (χ2n) is 5.91. The van der Waals surface area contributed by atoms with Crippen LogP contribution >= 0.6 is 0 Å². The van der Waals surface area contributed by atoms with Crippen molar-refractivity contribution >= 4 is 11.9 Å². The van der Waals surface area contributed by atoms with Gasteiger partial charge in [-0.25, -0.2) is 4.79 Å². The fourth-order valence-electron chi connectivity index (χ4n) is 2.30. The van der Waals surface area contributed by atoms with Gasteiger partial charge in [0.15, 0.2) is 6.61 Å². The maximum atomic E-state index is 12.1. The van der Waals surface area contributed by atoms with Gasteiger partial charge in [0, 0.05) is 12.1 Å². The van der Waals surface area contributed by atoms with E-state index in [9.17, 15) is 9.59 Å². The van der Waals surface area contributed by atoms with Gasteiger partial charge in [-0.15, -0.1) is 0 Å². The molecule has 0 aliphatic heterocycles. The average molecular weight is 355 g/mol. The zero-order valence-electron chi connectivity index (χ0n) is 15.1. The Bertz CT molecular complexity index is 683. The minimum Gasteiger partial charge on any atom is -0.482 e. The molecule has 0 saturated carbocycles. The van der Waals surface area contributed by atoms with E-state index in [1.165, 1.54) is 0 Å². The molecule has 5 nitrogen and oxygen atoms in total. The Kier molecular flexibility index (Phi) is 8.19. The summed E-state index contributed by atoms with van der Waals surface area (Å²) in [5, 5.41) is 2.86. The third kappa shape index (κ3) is 6.97. The third-order valence-corrected chi connectivity index (χ3v) is 3.78. The van der Waals surface area contributed by atoms with Crippen molar-refractivity contribution in [3.8, 4) is 5.75 Å². The van der Waals surface area contributed by atoms with Crippen LogP contribution in [0, 0.1) is 0 Å². The van der Waals surface area contributed by atoms with Gasteiger partial charge in [-0.05, 0) is 36.2 Å². The zero-order chi connectivity index (χ0) is 18.6. The summed E-state index contributed by atoms with van der Waals surface area (Å²) >= 11 is 0. The Hall–Kier alpha value is -2.82. The third-order valence-electron chi connectivity index (χ3n) is 3.78. The number of carbonyl (C=O) groups is 2. The highest BCUT2D eigenvalue weighted by molar-refractivity contribution is 5.94. The molecule has 26 heavy (non-hydrogen) atoms. The first-order valence-corrected chi connectivity index (χ1v) is 8.89. The summed E-state index contributed by atoms with van der Waals surface area (Å²) in [5.41, 5.74) is 1.58. The molecule has 2 aromatic carbocycles. The molecule has 1 N–H and O–H groups in total. The van der Waals surface area contributed by atoms with E-state index < -0.39 is 0 Å². The fourth-order valence-corrected chi connectivity index (χ4v) is 2.30. The summed E-state index contributed by atoms with van der Waals surface area (Å²) in [4.78, 5) is 23.7. The van der Waals surface area contributed by atoms with Crippen LogP contribution in [-0.4, -0.2) is 25.1 Å². The van der Waals surface area contributed by atoms with E-state index in [-0.39, 0.29) is 18.5 Å². The molecule has 0 unspecified atom stereocenters. The van der Waals surface area contributed by atoms with Gasteiger partial charge in [0.05, 0.1) is 6.61 Å². The summed E-state index contributed by atoms with van der Waals surface area (Å²) in [6.07, 6.45) is 3.00. The molecule has 0 spiro atoms. The number of hydrogen-bond donors (Lipinski definition) is 1. The van der Waals surface area contributed by atoms with Gasteiger partial charge in [0.1, 0.15) is 5.75 Å². The lowest BCUT2D eigenvalue weighted by molar-refractivity contribution is -0.146. The number of carbonyl (C=O) groups excluding carboxylic acids is 2. The van der Waals surface area contributed by atoms with E-state index in [1.54, 1.807) is 24.3 Å². The molecule has 2 rings (SSSR count). The number of nitrogens with one attached hydrogen (secondary N) is 1. The molecule has 0 fully saturated rings. The number of ether oxygens (including phenoxy) is 2. The van der Waals surface area contributed by atoms with Crippen LogP contribution in [0.1, 0.15) is 42.1 Å². The highest BCUT2D eigenvalue weighted by atomic mass is 16.6. The zero-order valence-corrected chi connectivity index (χ0v) is 15.1. The summed E-state index contributed by atoms with van der Waals surface area (Å²) in [7, 11) is 0. The Labute approximate surface area is 154 Å². The minimum atomic E-state index is -0.384. The van der Waals surface area contributed by atoms with Crippen molar-refractivity contribution in [2.24, 2.45) is 0 Å². The molecule has 0 aromatic heterocycles. The first kappa shape index (κ1) is 19.5. The van der Waals surface area contributed by atoms with Crippen molar-refractivity contribution < 1.29 is 19.1 Å². The van der Waals surface area contributed by atoms with E-state index >= 15 is 0 Å². The van der Waals surface area contributed by atoms with Crippen molar-refractivity contribution in [2.75, 3.05) is 13.2 Å². The van der Waals surface area contributed by atoms with Crippen LogP contribution in [0.4, 0.5) is 0 Å². The average Bonchev–Trinajstić information content (AvgIpc) is 2.69. The lowest BCUT2D eigenvalue weighted by Gasteiger charge is -2.08. The Balaban J connectivity index is 1.73. The molecule has 0 saturated heterocycles. The summed E-state index contributed by atoms with van der Waals surface area (Å²) in [6.45, 7) is 2.86. The van der Waals surface area contributed by atoms with Crippen molar-refractivity contribution in [1.29, 1.82) is 0 Å². The topological polar surface area (TPSA) is 64.6 Å². The first-order chi connectivity index (χ1) is 12.7. The van der Waals surface area contributed by atoms with Crippen LogP contribution in [0.15, 0.2) is 54.6 Å². The van der Waals surface area contributed by atoms with Gasteiger partial charge >= 0.3 is 5.97 Å². The number of benzene rings is 2. The van der Waals surface area contributed by atoms with Crippen LogP contribution in [0.25, 0.3) is 0 Å². The first-order valence-electron chi connectivity index (χ1n) is 8.89. The maximum Gasteiger partial charge on any atom is 0.344 e. The predicted molar refractivity (Wildman–Crippen MR) is 100 cm³/mol. The molecule has 0 aliphatic carbocycles. The fraction of sp³-hybridized carbons (Fsp3) is 0.333. The smallest absolute Gasteiger partial charge is 0.344 e. The second-order valence-corrected chi connectivity index (χ2v) is 5.91. The minimum absolute atomic E-state index is 0.133. The predicted octanol–water partition coefficient (Wildman–Crippen LogP) is 3.73. The number of amides is 1. The van der Waals surface area contributed by atoms with Gasteiger partial charge in [0.2, 0.25) is 0 Å². The lowest BCUT2D eigenvalue weighted by atomic mass is 10.2. The molecule has 0 aliphatic rings. The molecule has 0 atom stereocenters. The van der Waals surface area contributed by atoms with Gasteiger partial charge in [-0.3, -0.25) is 4.79 Å². The number of rotatable bonds is 10. The molecule has 1 amide bonds. The molecule has 5 heteroatoms. The largest absolute Gasteiger partial charge is 0.482 e. The molecular formula is C21H25NO4. The van der Waals surface area contributed by atoms with E-state index in [0.29, 0.717) is 24.5 Å². The normalized spacial score (nSPS) is 10.2. The van der Waals surface area contributed by atoms with Crippen molar-refractivity contribution in [3.63, 3.8) is 0 Å². The molecule has 0 bridgehead atoms. The van der Waals surface area contributed by atoms with Crippen molar-refractivity contribution in [3.05, 3.63) is 65.7 Å². The molecule has 2 aromatic rings. The highest BCUT2D eigenvalue weighted by Gasteiger charge is 2.07. The monoisotopic (exact) mass is 355 g/mol. The highest BCUT2D eigenvalue weighted by Crippen LogP contribution is 2.12. The molecular weight excluding hydrogens is 330 g/mol. The molecule has 0 heterocycles. The van der Waals surface area contributed by atoms with E-state index in [1.807, 2.05) is 30.3 Å². The van der Waals surface area contributed by atoms with Crippen LogP contribution in [0.2, 0.25) is 0 Å². The molecule has 138 valence electrons.